The van der Waals surface area contributed by atoms with E-state index in [0.29, 0.717) is 0 Å². The van der Waals surface area contributed by atoms with Gasteiger partial charge in [-0.3, -0.25) is 0 Å². The average molecular weight is 306 g/mol. The summed E-state index contributed by atoms with van der Waals surface area (Å²) in [5.74, 6) is 0.875. The lowest BCUT2D eigenvalue weighted by Crippen LogP contribution is -2.40. The van der Waals surface area contributed by atoms with Crippen molar-refractivity contribution in [3.63, 3.8) is 0 Å². The first kappa shape index (κ1) is 13.1. The van der Waals surface area contributed by atoms with E-state index >= 15 is 0 Å². The van der Waals surface area contributed by atoms with E-state index in [1.54, 1.807) is 0 Å². The van der Waals surface area contributed by atoms with E-state index < -0.39 is 0 Å². The SMILES string of the molecule is c1cc2nc3ccc(=[N+]4CCC4)cc-3oc2cc1N1CCCC1. The number of benzene rings is 2. The molecule has 1 aromatic rings. The molecule has 0 atom stereocenters. The zero-order valence-corrected chi connectivity index (χ0v) is 13.2. The summed E-state index contributed by atoms with van der Waals surface area (Å²) in [6.45, 7) is 4.58. The van der Waals surface area contributed by atoms with Gasteiger partial charge in [-0.2, -0.15) is 0 Å². The molecule has 0 bridgehead atoms. The van der Waals surface area contributed by atoms with Crippen molar-refractivity contribution in [3.05, 3.63) is 41.8 Å². The molecule has 1 aliphatic carbocycles. The molecule has 5 rings (SSSR count). The van der Waals surface area contributed by atoms with E-state index in [4.69, 9.17) is 9.40 Å². The van der Waals surface area contributed by atoms with Gasteiger partial charge in [0.1, 0.15) is 24.3 Å². The monoisotopic (exact) mass is 306 g/mol. The van der Waals surface area contributed by atoms with Gasteiger partial charge in [-0.15, -0.1) is 0 Å². The van der Waals surface area contributed by atoms with Crippen LogP contribution >= 0.6 is 0 Å². The van der Waals surface area contributed by atoms with Crippen LogP contribution in [0.25, 0.3) is 22.6 Å². The maximum atomic E-state index is 6.19. The van der Waals surface area contributed by atoms with Crippen LogP contribution in [0.15, 0.2) is 40.8 Å². The molecule has 3 heterocycles. The highest BCUT2D eigenvalue weighted by atomic mass is 16.3. The van der Waals surface area contributed by atoms with Crippen LogP contribution in [0.5, 0.6) is 0 Å². The van der Waals surface area contributed by atoms with Crippen molar-refractivity contribution in [2.75, 3.05) is 31.1 Å². The summed E-state index contributed by atoms with van der Waals surface area (Å²) in [6.07, 6.45) is 3.85. The Morgan fingerprint density at radius 1 is 0.957 bits per heavy atom. The van der Waals surface area contributed by atoms with Gasteiger partial charge in [-0.05, 0) is 31.0 Å². The second kappa shape index (κ2) is 5.08. The molecule has 4 aliphatic rings. The molecule has 0 amide bonds. The zero-order chi connectivity index (χ0) is 15.2. The summed E-state index contributed by atoms with van der Waals surface area (Å²) in [5.41, 5.74) is 3.98. The number of hydrogen-bond donors (Lipinski definition) is 0. The lowest BCUT2D eigenvalue weighted by Gasteiger charge is -2.18. The number of anilines is 1. The van der Waals surface area contributed by atoms with Crippen LogP contribution in [0.2, 0.25) is 0 Å². The third-order valence-electron chi connectivity index (χ3n) is 5.04. The summed E-state index contributed by atoms with van der Waals surface area (Å²) in [4.78, 5) is 7.19. The van der Waals surface area contributed by atoms with Crippen LogP contribution in [0, 0.1) is 0 Å². The normalized spacial score (nSPS) is 17.9. The van der Waals surface area contributed by atoms with Crippen molar-refractivity contribution in [1.82, 2.24) is 9.56 Å². The predicted molar refractivity (Wildman–Crippen MR) is 91.7 cm³/mol. The number of rotatable bonds is 1. The smallest absolute Gasteiger partial charge is 0.203 e. The molecule has 2 saturated heterocycles. The Balaban J connectivity index is 1.67. The van der Waals surface area contributed by atoms with Crippen molar-refractivity contribution in [2.45, 2.75) is 19.3 Å². The van der Waals surface area contributed by atoms with E-state index in [0.717, 1.165) is 48.7 Å². The van der Waals surface area contributed by atoms with Gasteiger partial charge >= 0.3 is 0 Å². The lowest BCUT2D eigenvalue weighted by atomic mass is 10.2. The largest absolute Gasteiger partial charge is 0.452 e. The highest BCUT2D eigenvalue weighted by molar-refractivity contribution is 5.80. The van der Waals surface area contributed by atoms with Gasteiger partial charge in [0.2, 0.25) is 5.36 Å². The Kier molecular flexibility index (Phi) is 2.90. The van der Waals surface area contributed by atoms with E-state index in [9.17, 15) is 0 Å². The highest BCUT2D eigenvalue weighted by Gasteiger charge is 2.19. The van der Waals surface area contributed by atoms with E-state index in [-0.39, 0.29) is 0 Å². The molecular weight excluding hydrogens is 286 g/mol. The van der Waals surface area contributed by atoms with Gasteiger partial charge in [0.15, 0.2) is 11.3 Å². The quantitative estimate of drug-likeness (QED) is 0.512. The third kappa shape index (κ3) is 2.21. The number of hydrogen-bond acceptors (Lipinski definition) is 3. The van der Waals surface area contributed by atoms with Crippen LogP contribution in [0.1, 0.15) is 19.3 Å². The fourth-order valence-corrected chi connectivity index (χ4v) is 3.55. The maximum Gasteiger partial charge on any atom is 0.203 e. The first-order chi connectivity index (χ1) is 11.4. The fourth-order valence-electron chi connectivity index (χ4n) is 3.55. The van der Waals surface area contributed by atoms with Gasteiger partial charge in [0.25, 0.3) is 0 Å². The van der Waals surface area contributed by atoms with Crippen molar-refractivity contribution < 1.29 is 4.42 Å². The van der Waals surface area contributed by atoms with Crippen LogP contribution in [0.3, 0.4) is 0 Å². The Morgan fingerprint density at radius 3 is 2.61 bits per heavy atom. The summed E-state index contributed by atoms with van der Waals surface area (Å²) < 4.78 is 8.56. The highest BCUT2D eigenvalue weighted by Crippen LogP contribution is 2.28. The first-order valence-corrected chi connectivity index (χ1v) is 8.54. The minimum absolute atomic E-state index is 0.875. The lowest BCUT2D eigenvalue weighted by molar-refractivity contribution is 0.432. The average Bonchev–Trinajstić information content (AvgIpc) is 3.05. The molecule has 4 nitrogen and oxygen atoms in total. The van der Waals surface area contributed by atoms with E-state index in [2.05, 4.69) is 45.9 Å². The summed E-state index contributed by atoms with van der Waals surface area (Å²) in [5, 5.41) is 1.24. The van der Waals surface area contributed by atoms with Crippen LogP contribution < -0.4 is 14.8 Å². The van der Waals surface area contributed by atoms with Gasteiger partial charge in [-0.1, -0.05) is 0 Å². The molecule has 0 unspecified atom stereocenters. The molecule has 23 heavy (non-hydrogen) atoms. The van der Waals surface area contributed by atoms with Crippen LogP contribution in [0.4, 0.5) is 5.69 Å². The molecule has 0 radical (unpaired) electrons. The maximum absolute atomic E-state index is 6.19. The fraction of sp³-hybridized carbons (Fsp3) is 0.368. The molecule has 0 N–H and O–H groups in total. The minimum Gasteiger partial charge on any atom is -0.452 e. The Hall–Kier alpha value is -2.36. The topological polar surface area (TPSA) is 32.3 Å². The molecule has 0 aromatic heterocycles. The molecule has 0 saturated carbocycles. The molecule has 0 spiro atoms. The van der Waals surface area contributed by atoms with Gasteiger partial charge in [0, 0.05) is 30.9 Å². The second-order valence-electron chi connectivity index (χ2n) is 6.55. The number of nitrogens with zero attached hydrogens (tertiary/aromatic N) is 3. The number of aromatic nitrogens is 1. The second-order valence-corrected chi connectivity index (χ2v) is 6.55. The summed E-state index contributed by atoms with van der Waals surface area (Å²) >= 11 is 0. The number of fused-ring (bicyclic) bond motifs is 2. The Bertz CT molecular complexity index is 915. The minimum atomic E-state index is 0.875. The molecule has 116 valence electrons. The van der Waals surface area contributed by atoms with Crippen molar-refractivity contribution in [2.24, 2.45) is 0 Å². The predicted octanol–water partition coefficient (Wildman–Crippen LogP) is 2.71. The van der Waals surface area contributed by atoms with Crippen molar-refractivity contribution in [1.29, 1.82) is 0 Å². The summed E-state index contributed by atoms with van der Waals surface area (Å²) in [6, 6.07) is 12.7. The Morgan fingerprint density at radius 2 is 1.83 bits per heavy atom. The standard InChI is InChI=1S/C19H20N3O/c1-2-9-21(8-1)14-4-6-16-18(12-14)23-19-13-15(22-10-3-11-22)5-7-17(19)20-16/h4-7,12-13H,1-3,8-11H2/q+1. The van der Waals surface area contributed by atoms with E-state index in [1.165, 1.54) is 30.3 Å². The first-order valence-electron chi connectivity index (χ1n) is 8.54. The van der Waals surface area contributed by atoms with Crippen LogP contribution in [-0.2, 0) is 0 Å². The van der Waals surface area contributed by atoms with Crippen molar-refractivity contribution >= 4 is 16.8 Å². The molecule has 3 aliphatic heterocycles. The van der Waals surface area contributed by atoms with Crippen LogP contribution in [-0.4, -0.2) is 31.2 Å². The molecule has 4 heteroatoms. The van der Waals surface area contributed by atoms with Crippen molar-refractivity contribution in [3.8, 4) is 11.5 Å². The van der Waals surface area contributed by atoms with E-state index in [1.807, 2.05) is 0 Å². The molecular formula is C19H20N3O+. The third-order valence-corrected chi connectivity index (χ3v) is 5.04. The van der Waals surface area contributed by atoms with Gasteiger partial charge in [-0.25, -0.2) is 9.56 Å². The molecule has 1 aromatic carbocycles. The summed E-state index contributed by atoms with van der Waals surface area (Å²) in [7, 11) is 0. The van der Waals surface area contributed by atoms with Gasteiger partial charge < -0.3 is 9.32 Å². The molecule has 2 fully saturated rings. The Labute approximate surface area is 135 Å². The zero-order valence-electron chi connectivity index (χ0n) is 13.2. The van der Waals surface area contributed by atoms with Gasteiger partial charge in [0.05, 0.1) is 12.5 Å².